The molecule has 11 heteroatoms. The van der Waals surface area contributed by atoms with Crippen LogP contribution in [0.4, 0.5) is 5.69 Å². The number of nitrogens with zero attached hydrogens (tertiary/aromatic N) is 2. The molecule has 1 amide bonds. The summed E-state index contributed by atoms with van der Waals surface area (Å²) in [5.41, 5.74) is 3.02. The average Bonchev–Trinajstić information content (AvgIpc) is 2.67. The summed E-state index contributed by atoms with van der Waals surface area (Å²) < 4.78 is 35.5. The van der Waals surface area contributed by atoms with Crippen molar-refractivity contribution in [3.63, 3.8) is 0 Å². The number of rotatable bonds is 8. The van der Waals surface area contributed by atoms with E-state index in [1.165, 1.54) is 38.6 Å². The summed E-state index contributed by atoms with van der Waals surface area (Å²) in [7, 11) is -0.778. The quantitative estimate of drug-likeness (QED) is 0.483. The molecule has 156 valence electrons. The second kappa shape index (κ2) is 9.82. The topological polar surface area (TPSA) is 97.3 Å². The van der Waals surface area contributed by atoms with Gasteiger partial charge in [0, 0.05) is 5.02 Å². The van der Waals surface area contributed by atoms with Gasteiger partial charge in [-0.1, -0.05) is 23.2 Å². The van der Waals surface area contributed by atoms with Crippen LogP contribution in [0.1, 0.15) is 5.56 Å². The Kier molecular flexibility index (Phi) is 7.72. The van der Waals surface area contributed by atoms with Crippen LogP contribution in [0.3, 0.4) is 0 Å². The Hall–Kier alpha value is -2.49. The van der Waals surface area contributed by atoms with Crippen molar-refractivity contribution < 1.29 is 22.7 Å². The smallest absolute Gasteiger partial charge is 0.260 e. The average molecular weight is 460 g/mol. The maximum atomic E-state index is 12.2. The van der Waals surface area contributed by atoms with Gasteiger partial charge in [0.1, 0.15) is 6.54 Å². The predicted molar refractivity (Wildman–Crippen MR) is 114 cm³/mol. The minimum absolute atomic E-state index is 0.0979. The Labute approximate surface area is 179 Å². The summed E-state index contributed by atoms with van der Waals surface area (Å²) in [6, 6.07) is 9.40. The van der Waals surface area contributed by atoms with Gasteiger partial charge in [-0.25, -0.2) is 13.8 Å². The summed E-state index contributed by atoms with van der Waals surface area (Å²) in [4.78, 5) is 12.2. The molecule has 0 saturated heterocycles. The lowest BCUT2D eigenvalue weighted by atomic mass is 10.2. The molecule has 0 bridgehead atoms. The maximum absolute atomic E-state index is 12.2. The van der Waals surface area contributed by atoms with E-state index >= 15 is 0 Å². The first-order valence-corrected chi connectivity index (χ1v) is 10.7. The number of halogens is 2. The van der Waals surface area contributed by atoms with Crippen LogP contribution in [0.5, 0.6) is 11.5 Å². The molecule has 2 aromatic carbocycles. The van der Waals surface area contributed by atoms with Crippen LogP contribution in [0.2, 0.25) is 10.0 Å². The molecular weight excluding hydrogens is 441 g/mol. The van der Waals surface area contributed by atoms with Gasteiger partial charge in [0.25, 0.3) is 5.91 Å². The van der Waals surface area contributed by atoms with E-state index in [0.717, 1.165) is 10.6 Å². The lowest BCUT2D eigenvalue weighted by molar-refractivity contribution is -0.119. The molecule has 0 heterocycles. The minimum atomic E-state index is -3.80. The Balaban J connectivity index is 2.13. The van der Waals surface area contributed by atoms with E-state index in [4.69, 9.17) is 32.7 Å². The van der Waals surface area contributed by atoms with Gasteiger partial charge in [-0.05, 0) is 42.0 Å². The van der Waals surface area contributed by atoms with Gasteiger partial charge in [0.05, 0.1) is 37.4 Å². The molecule has 2 aromatic rings. The van der Waals surface area contributed by atoms with Gasteiger partial charge in [-0.3, -0.25) is 9.10 Å². The first-order chi connectivity index (χ1) is 13.7. The summed E-state index contributed by atoms with van der Waals surface area (Å²) in [6.07, 6.45) is 2.35. The molecule has 29 heavy (non-hydrogen) atoms. The minimum Gasteiger partial charge on any atom is -0.493 e. The van der Waals surface area contributed by atoms with Crippen LogP contribution in [0.15, 0.2) is 41.5 Å². The molecule has 0 atom stereocenters. The van der Waals surface area contributed by atoms with Gasteiger partial charge in [0.15, 0.2) is 11.5 Å². The number of benzene rings is 2. The Morgan fingerprint density at radius 2 is 1.83 bits per heavy atom. The van der Waals surface area contributed by atoms with Crippen molar-refractivity contribution >= 4 is 51.0 Å². The maximum Gasteiger partial charge on any atom is 0.260 e. The van der Waals surface area contributed by atoms with E-state index in [0.29, 0.717) is 17.1 Å². The molecule has 0 fully saturated rings. The number of anilines is 1. The van der Waals surface area contributed by atoms with Gasteiger partial charge in [-0.2, -0.15) is 5.10 Å². The fraction of sp³-hybridized carbons (Fsp3) is 0.222. The van der Waals surface area contributed by atoms with Crippen LogP contribution in [0.25, 0.3) is 0 Å². The second-order valence-corrected chi connectivity index (χ2v) is 8.52. The van der Waals surface area contributed by atoms with Crippen molar-refractivity contribution in [3.05, 3.63) is 52.0 Å². The molecule has 0 aromatic heterocycles. The first kappa shape index (κ1) is 22.8. The van der Waals surface area contributed by atoms with Crippen molar-refractivity contribution in [2.75, 3.05) is 31.3 Å². The molecule has 0 spiro atoms. The van der Waals surface area contributed by atoms with E-state index < -0.39 is 22.5 Å². The number of amides is 1. The molecule has 0 saturated carbocycles. The van der Waals surface area contributed by atoms with Crippen LogP contribution >= 0.6 is 23.2 Å². The van der Waals surface area contributed by atoms with Crippen LogP contribution < -0.4 is 19.2 Å². The molecule has 0 aliphatic heterocycles. The fourth-order valence-electron chi connectivity index (χ4n) is 2.34. The third-order valence-electron chi connectivity index (χ3n) is 3.67. The van der Waals surface area contributed by atoms with E-state index in [-0.39, 0.29) is 15.7 Å². The standard InChI is InChI=1S/C18H19Cl2N3O5S/c1-27-16-7-4-12(8-17(16)28-2)10-21-22-18(24)11-23(29(3,25)26)15-9-13(19)5-6-14(15)20/h4-10H,11H2,1-3H3,(H,22,24)/b21-10-. The van der Waals surface area contributed by atoms with Gasteiger partial charge in [-0.15, -0.1) is 0 Å². The first-order valence-electron chi connectivity index (χ1n) is 8.12. The van der Waals surface area contributed by atoms with Gasteiger partial charge < -0.3 is 9.47 Å². The van der Waals surface area contributed by atoms with Crippen molar-refractivity contribution in [2.45, 2.75) is 0 Å². The zero-order valence-electron chi connectivity index (χ0n) is 15.8. The van der Waals surface area contributed by atoms with Crippen molar-refractivity contribution in [3.8, 4) is 11.5 Å². The number of hydrogen-bond donors (Lipinski definition) is 1. The van der Waals surface area contributed by atoms with Crippen molar-refractivity contribution in [1.82, 2.24) is 5.43 Å². The number of hydrogen-bond acceptors (Lipinski definition) is 6. The number of nitrogens with one attached hydrogen (secondary N) is 1. The highest BCUT2D eigenvalue weighted by molar-refractivity contribution is 7.92. The third kappa shape index (κ3) is 6.25. The molecule has 8 nitrogen and oxygen atoms in total. The monoisotopic (exact) mass is 459 g/mol. The molecule has 0 aliphatic rings. The number of sulfonamides is 1. The third-order valence-corrected chi connectivity index (χ3v) is 5.36. The van der Waals surface area contributed by atoms with Crippen molar-refractivity contribution in [2.24, 2.45) is 5.10 Å². The number of methoxy groups -OCH3 is 2. The Bertz CT molecular complexity index is 1030. The zero-order chi connectivity index (χ0) is 21.6. The van der Waals surface area contributed by atoms with Gasteiger partial charge in [0.2, 0.25) is 10.0 Å². The highest BCUT2D eigenvalue weighted by atomic mass is 35.5. The SMILES string of the molecule is COc1ccc(/C=N\NC(=O)CN(c2cc(Cl)ccc2Cl)S(C)(=O)=O)cc1OC. The van der Waals surface area contributed by atoms with Crippen molar-refractivity contribution in [1.29, 1.82) is 0 Å². The summed E-state index contributed by atoms with van der Waals surface area (Å²) in [5.74, 6) is 0.390. The second-order valence-electron chi connectivity index (χ2n) is 5.77. The molecule has 1 N–H and O–H groups in total. The number of ether oxygens (including phenoxy) is 2. The number of hydrazone groups is 1. The highest BCUT2D eigenvalue weighted by Crippen LogP contribution is 2.30. The molecule has 0 radical (unpaired) electrons. The number of carbonyl (C=O) groups is 1. The lowest BCUT2D eigenvalue weighted by Crippen LogP contribution is -2.39. The van der Waals surface area contributed by atoms with Crippen LogP contribution in [-0.4, -0.2) is 47.6 Å². The van der Waals surface area contributed by atoms with E-state index in [1.807, 2.05) is 0 Å². The summed E-state index contributed by atoms with van der Waals surface area (Å²) >= 11 is 12.0. The largest absolute Gasteiger partial charge is 0.493 e. The summed E-state index contributed by atoms with van der Waals surface area (Å²) in [5, 5.41) is 4.26. The van der Waals surface area contributed by atoms with Gasteiger partial charge >= 0.3 is 0 Å². The molecular formula is C18H19Cl2N3O5S. The Morgan fingerprint density at radius 1 is 1.14 bits per heavy atom. The van der Waals surface area contributed by atoms with Crippen LogP contribution in [0, 0.1) is 0 Å². The molecule has 0 aliphatic carbocycles. The molecule has 2 rings (SSSR count). The van der Waals surface area contributed by atoms with Crippen LogP contribution in [-0.2, 0) is 14.8 Å². The van der Waals surface area contributed by atoms with E-state index in [9.17, 15) is 13.2 Å². The lowest BCUT2D eigenvalue weighted by Gasteiger charge is -2.22. The number of carbonyl (C=O) groups excluding carboxylic acids is 1. The van der Waals surface area contributed by atoms with E-state index in [2.05, 4.69) is 10.5 Å². The highest BCUT2D eigenvalue weighted by Gasteiger charge is 2.23. The summed E-state index contributed by atoms with van der Waals surface area (Å²) in [6.45, 7) is -0.526. The fourth-order valence-corrected chi connectivity index (χ4v) is 3.63. The predicted octanol–water partition coefficient (Wildman–Crippen LogP) is 2.93. The molecule has 0 unspecified atom stereocenters. The van der Waals surface area contributed by atoms with E-state index in [1.54, 1.807) is 18.2 Å². The zero-order valence-corrected chi connectivity index (χ0v) is 18.2. The Morgan fingerprint density at radius 3 is 2.45 bits per heavy atom. The normalized spacial score (nSPS) is 11.3.